The highest BCUT2D eigenvalue weighted by Gasteiger charge is 2.55. The third-order valence-corrected chi connectivity index (χ3v) is 6.09. The molecule has 1 aromatic carbocycles. The Morgan fingerprint density at radius 1 is 1.00 bits per heavy atom. The standard InChI is InChI=1S/C15H15BrF4O/c16-10-7-11(15(10)4-2-1-3-5-15)21-14-12(19)8(17)6-9(18)13(14)20/h6,10-11H,1-5,7H2. The summed E-state index contributed by atoms with van der Waals surface area (Å²) in [6, 6.07) is 0.196. The van der Waals surface area contributed by atoms with Crippen LogP contribution < -0.4 is 4.74 Å². The highest BCUT2D eigenvalue weighted by Crippen LogP contribution is 2.56. The van der Waals surface area contributed by atoms with E-state index in [1.807, 2.05) is 0 Å². The van der Waals surface area contributed by atoms with Crippen LogP contribution in [0.15, 0.2) is 6.07 Å². The van der Waals surface area contributed by atoms with E-state index in [4.69, 9.17) is 4.74 Å². The Hall–Kier alpha value is -0.780. The first-order valence-corrected chi connectivity index (χ1v) is 8.01. The average molecular weight is 367 g/mol. The van der Waals surface area contributed by atoms with Gasteiger partial charge >= 0.3 is 0 Å². The minimum Gasteiger partial charge on any atom is -0.484 e. The number of hydrogen-bond donors (Lipinski definition) is 0. The van der Waals surface area contributed by atoms with E-state index in [1.165, 1.54) is 0 Å². The van der Waals surface area contributed by atoms with E-state index < -0.39 is 35.1 Å². The topological polar surface area (TPSA) is 9.23 Å². The molecule has 3 rings (SSSR count). The molecule has 2 unspecified atom stereocenters. The first-order valence-electron chi connectivity index (χ1n) is 7.09. The Kier molecular flexibility index (Phi) is 3.93. The molecule has 0 aliphatic heterocycles. The van der Waals surface area contributed by atoms with Gasteiger partial charge in [-0.2, -0.15) is 8.78 Å². The highest BCUT2D eigenvalue weighted by atomic mass is 79.9. The van der Waals surface area contributed by atoms with Crippen molar-refractivity contribution >= 4 is 15.9 Å². The lowest BCUT2D eigenvalue weighted by Crippen LogP contribution is -2.58. The molecule has 1 spiro atoms. The zero-order valence-electron chi connectivity index (χ0n) is 11.3. The number of ether oxygens (including phenoxy) is 1. The molecular weight excluding hydrogens is 352 g/mol. The molecule has 0 radical (unpaired) electrons. The van der Waals surface area contributed by atoms with Gasteiger partial charge in [-0.1, -0.05) is 35.2 Å². The summed E-state index contributed by atoms with van der Waals surface area (Å²) in [4.78, 5) is 0.222. The molecular formula is C15H15BrF4O. The third-order valence-electron chi connectivity index (χ3n) is 4.80. The van der Waals surface area contributed by atoms with Crippen LogP contribution in [0.3, 0.4) is 0 Å². The van der Waals surface area contributed by atoms with Gasteiger partial charge in [0.2, 0.25) is 11.6 Å². The van der Waals surface area contributed by atoms with Gasteiger partial charge in [0.25, 0.3) is 0 Å². The van der Waals surface area contributed by atoms with Gasteiger partial charge in [-0.25, -0.2) is 8.78 Å². The van der Waals surface area contributed by atoms with E-state index in [0.29, 0.717) is 6.42 Å². The van der Waals surface area contributed by atoms with E-state index in [2.05, 4.69) is 15.9 Å². The fraction of sp³-hybridized carbons (Fsp3) is 0.600. The normalized spacial score (nSPS) is 27.5. The van der Waals surface area contributed by atoms with Gasteiger partial charge < -0.3 is 4.74 Å². The van der Waals surface area contributed by atoms with E-state index in [9.17, 15) is 17.6 Å². The zero-order chi connectivity index (χ0) is 15.2. The average Bonchev–Trinajstić information content (AvgIpc) is 2.49. The van der Waals surface area contributed by atoms with Crippen LogP contribution in [0.4, 0.5) is 17.6 Å². The van der Waals surface area contributed by atoms with Gasteiger partial charge in [0.15, 0.2) is 17.4 Å². The SMILES string of the molecule is Fc1cc(F)c(F)c(OC2CC(Br)C23CCCCC3)c1F. The minimum atomic E-state index is -1.46. The maximum atomic E-state index is 13.7. The number of rotatable bonds is 2. The van der Waals surface area contributed by atoms with Crippen LogP contribution in [0, 0.1) is 28.7 Å². The van der Waals surface area contributed by atoms with Crippen molar-refractivity contribution in [2.75, 3.05) is 0 Å². The van der Waals surface area contributed by atoms with E-state index >= 15 is 0 Å². The summed E-state index contributed by atoms with van der Waals surface area (Å²) < 4.78 is 59.2. The fourth-order valence-electron chi connectivity index (χ4n) is 3.51. The molecule has 2 aliphatic carbocycles. The lowest BCUT2D eigenvalue weighted by atomic mass is 9.58. The van der Waals surface area contributed by atoms with Crippen molar-refractivity contribution in [3.8, 4) is 5.75 Å². The summed E-state index contributed by atoms with van der Waals surface area (Å²) >= 11 is 3.58. The quantitative estimate of drug-likeness (QED) is 0.401. The summed E-state index contributed by atoms with van der Waals surface area (Å²) in [6.45, 7) is 0. The molecule has 0 aromatic heterocycles. The van der Waals surface area contributed by atoms with Crippen LogP contribution >= 0.6 is 15.9 Å². The molecule has 116 valence electrons. The maximum Gasteiger partial charge on any atom is 0.203 e. The van der Waals surface area contributed by atoms with Crippen molar-refractivity contribution < 1.29 is 22.3 Å². The molecule has 2 aliphatic rings. The van der Waals surface area contributed by atoms with Gasteiger partial charge in [0, 0.05) is 16.3 Å². The third kappa shape index (κ3) is 2.35. The maximum absolute atomic E-state index is 13.7. The van der Waals surface area contributed by atoms with Crippen LogP contribution in [-0.4, -0.2) is 10.9 Å². The molecule has 0 saturated heterocycles. The first kappa shape index (κ1) is 15.1. The van der Waals surface area contributed by atoms with E-state index in [1.54, 1.807) is 0 Å². The zero-order valence-corrected chi connectivity index (χ0v) is 12.9. The van der Waals surface area contributed by atoms with Gasteiger partial charge in [-0.3, -0.25) is 0 Å². The molecule has 2 fully saturated rings. The van der Waals surface area contributed by atoms with E-state index in [-0.39, 0.29) is 16.3 Å². The molecule has 2 saturated carbocycles. The van der Waals surface area contributed by atoms with Gasteiger partial charge in [0.05, 0.1) is 0 Å². The number of halogens is 5. The Bertz CT molecular complexity index is 531. The van der Waals surface area contributed by atoms with Crippen LogP contribution in [0.25, 0.3) is 0 Å². The van der Waals surface area contributed by atoms with Crippen LogP contribution in [0.5, 0.6) is 5.75 Å². The predicted octanol–water partition coefficient (Wildman–Crippen LogP) is 5.11. The van der Waals surface area contributed by atoms with Crippen molar-refractivity contribution in [1.29, 1.82) is 0 Å². The van der Waals surface area contributed by atoms with Gasteiger partial charge in [-0.15, -0.1) is 0 Å². The van der Waals surface area contributed by atoms with Crippen molar-refractivity contribution in [2.45, 2.75) is 49.5 Å². The highest BCUT2D eigenvalue weighted by molar-refractivity contribution is 9.09. The number of alkyl halides is 1. The van der Waals surface area contributed by atoms with Crippen LogP contribution in [0.2, 0.25) is 0 Å². The molecule has 0 heterocycles. The Balaban J connectivity index is 1.88. The molecule has 1 aromatic rings. The summed E-state index contributed by atoms with van der Waals surface area (Å²) in [7, 11) is 0. The Labute approximate surface area is 128 Å². The smallest absolute Gasteiger partial charge is 0.203 e. The number of hydrogen-bond acceptors (Lipinski definition) is 1. The molecule has 1 nitrogen and oxygen atoms in total. The summed E-state index contributed by atoms with van der Waals surface area (Å²) in [5, 5.41) is 0. The van der Waals surface area contributed by atoms with Crippen molar-refractivity contribution in [3.05, 3.63) is 29.3 Å². The Morgan fingerprint density at radius 3 is 2.10 bits per heavy atom. The molecule has 2 atom stereocenters. The summed E-state index contributed by atoms with van der Waals surface area (Å²) in [5.41, 5.74) is -0.181. The number of benzene rings is 1. The largest absolute Gasteiger partial charge is 0.484 e. The second-order valence-electron chi connectivity index (χ2n) is 5.90. The fourth-order valence-corrected chi connectivity index (χ4v) is 4.60. The Morgan fingerprint density at radius 2 is 1.57 bits per heavy atom. The molecule has 21 heavy (non-hydrogen) atoms. The predicted molar refractivity (Wildman–Crippen MR) is 73.5 cm³/mol. The van der Waals surface area contributed by atoms with Crippen molar-refractivity contribution in [2.24, 2.45) is 5.41 Å². The van der Waals surface area contributed by atoms with Crippen LogP contribution in [0.1, 0.15) is 38.5 Å². The van der Waals surface area contributed by atoms with Gasteiger partial charge in [0.1, 0.15) is 6.10 Å². The lowest BCUT2D eigenvalue weighted by molar-refractivity contribution is -0.0639. The lowest BCUT2D eigenvalue weighted by Gasteiger charge is -2.55. The van der Waals surface area contributed by atoms with Crippen molar-refractivity contribution in [1.82, 2.24) is 0 Å². The summed E-state index contributed by atoms with van der Waals surface area (Å²) in [6.07, 6.45) is 5.16. The van der Waals surface area contributed by atoms with Crippen LogP contribution in [-0.2, 0) is 0 Å². The van der Waals surface area contributed by atoms with Gasteiger partial charge in [-0.05, 0) is 19.3 Å². The summed E-state index contributed by atoms with van der Waals surface area (Å²) in [5.74, 6) is -6.72. The first-order chi connectivity index (χ1) is 9.95. The molecule has 6 heteroatoms. The second-order valence-corrected chi connectivity index (χ2v) is 7.01. The van der Waals surface area contributed by atoms with Crippen molar-refractivity contribution in [3.63, 3.8) is 0 Å². The molecule has 0 amide bonds. The minimum absolute atomic E-state index is 0.181. The van der Waals surface area contributed by atoms with E-state index in [0.717, 1.165) is 32.1 Å². The molecule has 0 N–H and O–H groups in total. The monoisotopic (exact) mass is 366 g/mol. The second kappa shape index (κ2) is 5.45. The molecule has 0 bridgehead atoms.